The highest BCUT2D eigenvalue weighted by Crippen LogP contribution is 2.23. The van der Waals surface area contributed by atoms with Crippen LogP contribution in [0.1, 0.15) is 110 Å². The summed E-state index contributed by atoms with van der Waals surface area (Å²) in [6.07, 6.45) is 29.9. The Labute approximate surface area is 175 Å². The Morgan fingerprint density at radius 1 is 0.821 bits per heavy atom. The van der Waals surface area contributed by atoms with E-state index in [1.165, 1.54) is 96.3 Å². The van der Waals surface area contributed by atoms with Crippen LogP contribution in [-0.2, 0) is 0 Å². The monoisotopic (exact) mass is 393 g/mol. The molecule has 0 spiro atoms. The second-order valence-corrected chi connectivity index (χ2v) is 8.59. The third-order valence-corrected chi connectivity index (χ3v) is 6.38. The van der Waals surface area contributed by atoms with Crippen molar-refractivity contribution in [3.8, 4) is 0 Å². The molecule has 0 fully saturated rings. The molecule has 0 saturated carbocycles. The molecular formula is C25H49N2O+. The number of allylic oxidation sites excluding steroid dienone is 2. The van der Waals surface area contributed by atoms with Crippen LogP contribution >= 0.6 is 0 Å². The standard InChI is InChI=1S/C25H49N2O/c1-3-5-6-7-8-9-10-11-12-13-14-15-16-17-18-19-20-25-26-21-22-27(25,4-2)23-24-28/h7-8,21-22,25-26,28H,3-6,9-20,23-24H2,1-2H3/q+1/b8-7+. The Hall–Kier alpha value is -0.800. The highest BCUT2D eigenvalue weighted by molar-refractivity contribution is 4.84. The molecule has 3 nitrogen and oxygen atoms in total. The number of nitrogens with one attached hydrogen (secondary N) is 1. The lowest BCUT2D eigenvalue weighted by Crippen LogP contribution is -2.54. The van der Waals surface area contributed by atoms with E-state index in [-0.39, 0.29) is 6.61 Å². The molecule has 1 aliphatic heterocycles. The number of hydrogen-bond donors (Lipinski definition) is 2. The number of quaternary nitrogens is 1. The van der Waals surface area contributed by atoms with Gasteiger partial charge in [-0.25, -0.2) is 0 Å². The van der Waals surface area contributed by atoms with Crippen molar-refractivity contribution in [2.24, 2.45) is 0 Å². The lowest BCUT2D eigenvalue weighted by molar-refractivity contribution is -0.900. The summed E-state index contributed by atoms with van der Waals surface area (Å²) in [6.45, 7) is 6.65. The van der Waals surface area contributed by atoms with Crippen LogP contribution in [-0.4, -0.2) is 35.5 Å². The molecule has 0 aromatic rings. The van der Waals surface area contributed by atoms with Gasteiger partial charge in [0.25, 0.3) is 0 Å². The van der Waals surface area contributed by atoms with E-state index in [4.69, 9.17) is 0 Å². The molecule has 2 unspecified atom stereocenters. The van der Waals surface area contributed by atoms with E-state index in [1.807, 2.05) is 0 Å². The van der Waals surface area contributed by atoms with Gasteiger partial charge in [0.1, 0.15) is 12.7 Å². The van der Waals surface area contributed by atoms with E-state index in [0.29, 0.717) is 6.17 Å². The molecule has 0 aliphatic carbocycles. The Kier molecular flexibility index (Phi) is 15.4. The van der Waals surface area contributed by atoms with Crippen LogP contribution in [0.5, 0.6) is 0 Å². The molecule has 3 heteroatoms. The minimum absolute atomic E-state index is 0.270. The summed E-state index contributed by atoms with van der Waals surface area (Å²) in [4.78, 5) is 0. The average molecular weight is 394 g/mol. The molecule has 28 heavy (non-hydrogen) atoms. The van der Waals surface area contributed by atoms with Gasteiger partial charge in [0.05, 0.1) is 19.4 Å². The summed E-state index contributed by atoms with van der Waals surface area (Å²) < 4.78 is 0.908. The first-order valence-corrected chi connectivity index (χ1v) is 12.3. The Bertz CT molecular complexity index is 407. The average Bonchev–Trinajstić information content (AvgIpc) is 3.11. The maximum Gasteiger partial charge on any atom is 0.166 e. The van der Waals surface area contributed by atoms with Crippen LogP contribution in [0.4, 0.5) is 0 Å². The number of aliphatic hydroxyl groups is 1. The van der Waals surface area contributed by atoms with Gasteiger partial charge in [-0.15, -0.1) is 0 Å². The van der Waals surface area contributed by atoms with Crippen LogP contribution in [0.2, 0.25) is 0 Å². The molecule has 1 aliphatic rings. The Morgan fingerprint density at radius 2 is 1.39 bits per heavy atom. The molecule has 0 saturated heterocycles. The Morgan fingerprint density at radius 3 is 1.96 bits per heavy atom. The highest BCUT2D eigenvalue weighted by atomic mass is 16.3. The molecule has 1 heterocycles. The fourth-order valence-electron chi connectivity index (χ4n) is 4.37. The summed E-state index contributed by atoms with van der Waals surface area (Å²) >= 11 is 0. The normalized spacial score (nSPS) is 21.6. The largest absolute Gasteiger partial charge is 0.390 e. The van der Waals surface area contributed by atoms with Crippen LogP contribution in [0, 0.1) is 0 Å². The van der Waals surface area contributed by atoms with Crippen molar-refractivity contribution in [2.75, 3.05) is 19.7 Å². The lowest BCUT2D eigenvalue weighted by Gasteiger charge is -2.36. The van der Waals surface area contributed by atoms with Gasteiger partial charge in [0.15, 0.2) is 6.17 Å². The first-order valence-electron chi connectivity index (χ1n) is 12.3. The third-order valence-electron chi connectivity index (χ3n) is 6.38. The SMILES string of the molecule is CCCC/C=C/CCCCCCCCCCCCC1NC=C[N+]1(CC)CCO. The van der Waals surface area contributed by atoms with Gasteiger partial charge < -0.3 is 10.4 Å². The molecule has 164 valence electrons. The van der Waals surface area contributed by atoms with E-state index in [0.717, 1.165) is 17.6 Å². The van der Waals surface area contributed by atoms with Crippen molar-refractivity contribution in [2.45, 2.75) is 116 Å². The van der Waals surface area contributed by atoms with Crippen molar-refractivity contribution >= 4 is 0 Å². The predicted molar refractivity (Wildman–Crippen MR) is 123 cm³/mol. The van der Waals surface area contributed by atoms with Gasteiger partial charge in [-0.05, 0) is 32.6 Å². The zero-order valence-corrected chi connectivity index (χ0v) is 19.0. The maximum atomic E-state index is 9.37. The van der Waals surface area contributed by atoms with Crippen molar-refractivity contribution in [3.05, 3.63) is 24.6 Å². The summed E-state index contributed by atoms with van der Waals surface area (Å²) in [5, 5.41) is 12.9. The smallest absolute Gasteiger partial charge is 0.166 e. The minimum atomic E-state index is 0.270. The van der Waals surface area contributed by atoms with Crippen molar-refractivity contribution in [1.82, 2.24) is 5.32 Å². The predicted octanol–water partition coefficient (Wildman–Crippen LogP) is 6.64. The number of likely N-dealkylation sites (N-methyl/N-ethyl adjacent to an activating group) is 1. The molecule has 0 aromatic carbocycles. The van der Waals surface area contributed by atoms with Crippen LogP contribution in [0.3, 0.4) is 0 Å². The minimum Gasteiger partial charge on any atom is -0.390 e. The zero-order chi connectivity index (χ0) is 20.3. The van der Waals surface area contributed by atoms with Crippen molar-refractivity contribution in [3.63, 3.8) is 0 Å². The van der Waals surface area contributed by atoms with Gasteiger partial charge in [-0.2, -0.15) is 0 Å². The van der Waals surface area contributed by atoms with Gasteiger partial charge in [0, 0.05) is 6.42 Å². The summed E-state index contributed by atoms with van der Waals surface area (Å²) in [5.41, 5.74) is 0. The number of nitrogens with zero attached hydrogens (tertiary/aromatic N) is 1. The second-order valence-electron chi connectivity index (χ2n) is 8.59. The molecule has 2 atom stereocenters. The van der Waals surface area contributed by atoms with E-state index < -0.39 is 0 Å². The molecular weight excluding hydrogens is 344 g/mol. The first-order chi connectivity index (χ1) is 13.8. The second kappa shape index (κ2) is 17.1. The topological polar surface area (TPSA) is 32.3 Å². The quantitative estimate of drug-likeness (QED) is 0.146. The summed E-state index contributed by atoms with van der Waals surface area (Å²) in [6, 6.07) is 0. The zero-order valence-electron chi connectivity index (χ0n) is 19.0. The molecule has 0 bridgehead atoms. The van der Waals surface area contributed by atoms with Gasteiger partial charge in [-0.3, -0.25) is 4.48 Å². The van der Waals surface area contributed by atoms with Crippen LogP contribution < -0.4 is 5.32 Å². The van der Waals surface area contributed by atoms with Gasteiger partial charge >= 0.3 is 0 Å². The lowest BCUT2D eigenvalue weighted by atomic mass is 10.0. The summed E-state index contributed by atoms with van der Waals surface area (Å²) in [7, 11) is 0. The van der Waals surface area contributed by atoms with Crippen LogP contribution in [0.15, 0.2) is 24.6 Å². The number of unbranched alkanes of at least 4 members (excludes halogenated alkanes) is 12. The van der Waals surface area contributed by atoms with E-state index in [2.05, 4.69) is 43.7 Å². The van der Waals surface area contributed by atoms with Gasteiger partial charge in [-0.1, -0.05) is 83.3 Å². The fourth-order valence-corrected chi connectivity index (χ4v) is 4.37. The van der Waals surface area contributed by atoms with Crippen LogP contribution in [0.25, 0.3) is 0 Å². The van der Waals surface area contributed by atoms with Gasteiger partial charge in [0.2, 0.25) is 0 Å². The molecule has 0 amide bonds. The van der Waals surface area contributed by atoms with E-state index in [1.54, 1.807) is 0 Å². The molecule has 0 aromatic heterocycles. The summed E-state index contributed by atoms with van der Waals surface area (Å²) in [5.74, 6) is 0. The van der Waals surface area contributed by atoms with Crippen molar-refractivity contribution in [1.29, 1.82) is 0 Å². The third kappa shape index (κ3) is 10.7. The Balaban J connectivity index is 1.87. The van der Waals surface area contributed by atoms with E-state index in [9.17, 15) is 5.11 Å². The molecule has 2 N–H and O–H groups in total. The number of rotatable bonds is 19. The maximum absolute atomic E-state index is 9.37. The molecule has 0 radical (unpaired) electrons. The van der Waals surface area contributed by atoms with E-state index >= 15 is 0 Å². The number of hydrogen-bond acceptors (Lipinski definition) is 2. The number of aliphatic hydroxyl groups excluding tert-OH is 1. The first kappa shape index (κ1) is 25.2. The highest BCUT2D eigenvalue weighted by Gasteiger charge is 2.35. The molecule has 1 rings (SSSR count). The fraction of sp³-hybridized carbons (Fsp3) is 0.840. The van der Waals surface area contributed by atoms with Crippen molar-refractivity contribution < 1.29 is 9.59 Å².